The third kappa shape index (κ3) is 4.00. The van der Waals surface area contributed by atoms with Gasteiger partial charge in [0.05, 0.1) is 23.7 Å². The van der Waals surface area contributed by atoms with Crippen LogP contribution in [0.25, 0.3) is 0 Å². The van der Waals surface area contributed by atoms with Crippen molar-refractivity contribution in [1.82, 2.24) is 10.3 Å². The zero-order chi connectivity index (χ0) is 13.5. The minimum Gasteiger partial charge on any atom is -0.387 e. The summed E-state index contributed by atoms with van der Waals surface area (Å²) in [6.07, 6.45) is 2.32. The molecular weight excluding hydrogens is 230 g/mol. The van der Waals surface area contributed by atoms with E-state index in [1.165, 1.54) is 0 Å². The third-order valence-electron chi connectivity index (χ3n) is 2.89. The van der Waals surface area contributed by atoms with Gasteiger partial charge >= 0.3 is 0 Å². The van der Waals surface area contributed by atoms with Crippen LogP contribution in [0.5, 0.6) is 0 Å². The topological polar surface area (TPSA) is 65.5 Å². The number of aliphatic hydroxyl groups excluding tert-OH is 1. The van der Waals surface area contributed by atoms with Crippen molar-refractivity contribution in [2.24, 2.45) is 0 Å². The van der Waals surface area contributed by atoms with Gasteiger partial charge in [0, 0.05) is 27.1 Å². The second kappa shape index (κ2) is 6.96. The van der Waals surface area contributed by atoms with Crippen molar-refractivity contribution in [3.63, 3.8) is 0 Å². The lowest BCUT2D eigenvalue weighted by Gasteiger charge is -2.19. The number of anilines is 1. The fourth-order valence-corrected chi connectivity index (χ4v) is 1.55. The Bertz CT molecular complexity index is 378. The van der Waals surface area contributed by atoms with Gasteiger partial charge in [-0.25, -0.2) is 0 Å². The van der Waals surface area contributed by atoms with Gasteiger partial charge in [0.1, 0.15) is 0 Å². The second-order valence-electron chi connectivity index (χ2n) is 4.21. The van der Waals surface area contributed by atoms with Gasteiger partial charge in [-0.3, -0.25) is 9.78 Å². The highest BCUT2D eigenvalue weighted by atomic mass is 16.3. The summed E-state index contributed by atoms with van der Waals surface area (Å²) in [5.74, 6) is 0.0211. The molecule has 1 aromatic rings. The van der Waals surface area contributed by atoms with E-state index in [2.05, 4.69) is 10.3 Å². The number of hydrogen-bond acceptors (Lipinski definition) is 4. The van der Waals surface area contributed by atoms with Crippen LogP contribution in [0.4, 0.5) is 5.69 Å². The van der Waals surface area contributed by atoms with Gasteiger partial charge in [-0.2, -0.15) is 0 Å². The van der Waals surface area contributed by atoms with Crippen LogP contribution < -0.4 is 10.2 Å². The smallest absolute Gasteiger partial charge is 0.221 e. The summed E-state index contributed by atoms with van der Waals surface area (Å²) in [4.78, 5) is 17.3. The van der Waals surface area contributed by atoms with Crippen LogP contribution in [0.15, 0.2) is 18.3 Å². The van der Waals surface area contributed by atoms with Gasteiger partial charge in [0.25, 0.3) is 0 Å². The van der Waals surface area contributed by atoms with Crippen molar-refractivity contribution >= 4 is 11.6 Å². The molecule has 5 heteroatoms. The second-order valence-corrected chi connectivity index (χ2v) is 4.21. The van der Waals surface area contributed by atoms with Gasteiger partial charge in [-0.15, -0.1) is 0 Å². The van der Waals surface area contributed by atoms with E-state index in [9.17, 15) is 9.90 Å². The molecule has 18 heavy (non-hydrogen) atoms. The van der Waals surface area contributed by atoms with E-state index in [0.717, 1.165) is 5.69 Å². The third-order valence-corrected chi connectivity index (χ3v) is 2.89. The fraction of sp³-hybridized carbons (Fsp3) is 0.538. The Morgan fingerprint density at radius 3 is 2.78 bits per heavy atom. The first-order valence-corrected chi connectivity index (χ1v) is 6.14. The minimum absolute atomic E-state index is 0.0211. The lowest BCUT2D eigenvalue weighted by Crippen LogP contribution is -2.26. The summed E-state index contributed by atoms with van der Waals surface area (Å²) in [6.45, 7) is 2.55. The van der Waals surface area contributed by atoms with E-state index in [1.54, 1.807) is 13.2 Å². The van der Waals surface area contributed by atoms with Gasteiger partial charge in [0.2, 0.25) is 5.91 Å². The van der Waals surface area contributed by atoms with Gasteiger partial charge in [-0.1, -0.05) is 6.92 Å². The van der Waals surface area contributed by atoms with E-state index in [-0.39, 0.29) is 5.91 Å². The summed E-state index contributed by atoms with van der Waals surface area (Å²) >= 11 is 0. The molecule has 1 unspecified atom stereocenters. The molecule has 100 valence electrons. The Morgan fingerprint density at radius 1 is 1.56 bits per heavy atom. The number of hydrogen-bond donors (Lipinski definition) is 2. The van der Waals surface area contributed by atoms with Crippen LogP contribution in [-0.2, 0) is 4.79 Å². The summed E-state index contributed by atoms with van der Waals surface area (Å²) in [5, 5.41) is 12.2. The van der Waals surface area contributed by atoms with Crippen molar-refractivity contribution in [3.05, 3.63) is 24.0 Å². The maximum atomic E-state index is 11.1. The van der Waals surface area contributed by atoms with Crippen LogP contribution >= 0.6 is 0 Å². The molecule has 2 N–H and O–H groups in total. The zero-order valence-corrected chi connectivity index (χ0v) is 11.2. The predicted octanol–water partition coefficient (Wildman–Crippen LogP) is 1.10. The van der Waals surface area contributed by atoms with Crippen LogP contribution in [0.3, 0.4) is 0 Å². The van der Waals surface area contributed by atoms with Crippen molar-refractivity contribution in [1.29, 1.82) is 0 Å². The number of nitrogens with zero attached hydrogens (tertiary/aromatic N) is 2. The van der Waals surface area contributed by atoms with Crippen molar-refractivity contribution in [2.45, 2.75) is 25.9 Å². The SMILES string of the molecule is CCC(O)c1ccc(N(C)CCC(=O)NC)cn1. The summed E-state index contributed by atoms with van der Waals surface area (Å²) in [7, 11) is 3.54. The lowest BCUT2D eigenvalue weighted by molar-refractivity contribution is -0.120. The average Bonchev–Trinajstić information content (AvgIpc) is 2.43. The quantitative estimate of drug-likeness (QED) is 0.794. The number of aromatic nitrogens is 1. The number of rotatable bonds is 6. The molecule has 0 aliphatic heterocycles. The first-order chi connectivity index (χ1) is 8.58. The Hall–Kier alpha value is -1.62. The molecule has 0 spiro atoms. The zero-order valence-electron chi connectivity index (χ0n) is 11.2. The molecule has 5 nitrogen and oxygen atoms in total. The molecule has 1 heterocycles. The van der Waals surface area contributed by atoms with Gasteiger partial charge < -0.3 is 15.3 Å². The van der Waals surface area contributed by atoms with Gasteiger partial charge in [-0.05, 0) is 18.6 Å². The van der Waals surface area contributed by atoms with E-state index in [0.29, 0.717) is 25.1 Å². The number of amides is 1. The van der Waals surface area contributed by atoms with E-state index in [1.807, 2.05) is 31.0 Å². The predicted molar refractivity (Wildman–Crippen MR) is 71.4 cm³/mol. The van der Waals surface area contributed by atoms with Crippen LogP contribution in [0.2, 0.25) is 0 Å². The largest absolute Gasteiger partial charge is 0.387 e. The van der Waals surface area contributed by atoms with E-state index < -0.39 is 6.10 Å². The highest BCUT2D eigenvalue weighted by Gasteiger charge is 2.08. The summed E-state index contributed by atoms with van der Waals surface area (Å²) in [5.41, 5.74) is 1.62. The molecule has 1 aromatic heterocycles. The first kappa shape index (κ1) is 14.4. The fourth-order valence-electron chi connectivity index (χ4n) is 1.55. The number of carbonyl (C=O) groups is 1. The molecule has 0 fully saturated rings. The van der Waals surface area contributed by atoms with Crippen LogP contribution in [-0.4, -0.2) is 36.6 Å². The van der Waals surface area contributed by atoms with E-state index >= 15 is 0 Å². The molecule has 1 rings (SSSR count). The lowest BCUT2D eigenvalue weighted by atomic mass is 10.2. The molecular formula is C13H21N3O2. The highest BCUT2D eigenvalue weighted by molar-refractivity contribution is 5.76. The Morgan fingerprint density at radius 2 is 2.28 bits per heavy atom. The van der Waals surface area contributed by atoms with Gasteiger partial charge in [0.15, 0.2) is 0 Å². The van der Waals surface area contributed by atoms with E-state index in [4.69, 9.17) is 0 Å². The standard InChI is InChI=1S/C13H21N3O2/c1-4-12(17)11-6-5-10(9-15-11)16(3)8-7-13(18)14-2/h5-6,9,12,17H,4,7-8H2,1-3H3,(H,14,18). The summed E-state index contributed by atoms with van der Waals surface area (Å²) < 4.78 is 0. The molecule has 0 aliphatic carbocycles. The maximum absolute atomic E-state index is 11.1. The molecule has 0 radical (unpaired) electrons. The molecule has 0 saturated carbocycles. The number of nitrogens with one attached hydrogen (secondary N) is 1. The van der Waals surface area contributed by atoms with Crippen molar-refractivity contribution < 1.29 is 9.90 Å². The molecule has 0 aromatic carbocycles. The van der Waals surface area contributed by atoms with Crippen molar-refractivity contribution in [3.8, 4) is 0 Å². The molecule has 1 atom stereocenters. The molecule has 1 amide bonds. The molecule has 0 saturated heterocycles. The summed E-state index contributed by atoms with van der Waals surface area (Å²) in [6, 6.07) is 3.73. The highest BCUT2D eigenvalue weighted by Crippen LogP contribution is 2.17. The normalized spacial score (nSPS) is 12.0. The average molecular weight is 251 g/mol. The Kier molecular flexibility index (Phi) is 5.58. The number of pyridine rings is 1. The maximum Gasteiger partial charge on any atom is 0.221 e. The minimum atomic E-state index is -0.504. The molecule has 0 aliphatic rings. The number of carbonyl (C=O) groups excluding carboxylic acids is 1. The Labute approximate surface area is 108 Å². The number of aliphatic hydroxyl groups is 1. The van der Waals surface area contributed by atoms with Crippen LogP contribution in [0, 0.1) is 0 Å². The Balaban J connectivity index is 2.58. The monoisotopic (exact) mass is 251 g/mol. The van der Waals surface area contributed by atoms with Crippen LogP contribution in [0.1, 0.15) is 31.6 Å². The van der Waals surface area contributed by atoms with Crippen molar-refractivity contribution in [2.75, 3.05) is 25.5 Å². The molecule has 0 bridgehead atoms. The first-order valence-electron chi connectivity index (χ1n) is 6.14.